The molecule has 1 aromatic heterocycles. The van der Waals surface area contributed by atoms with E-state index < -0.39 is 0 Å². The number of aryl methyl sites for hydroxylation is 1. The third-order valence-corrected chi connectivity index (χ3v) is 6.54. The Kier molecular flexibility index (Phi) is 7.54. The number of aromatic nitrogens is 3. The Morgan fingerprint density at radius 3 is 2.26 bits per heavy atom. The van der Waals surface area contributed by atoms with E-state index >= 15 is 0 Å². The summed E-state index contributed by atoms with van der Waals surface area (Å²) in [5, 5.41) is 15.8. The molecule has 0 radical (unpaired) electrons. The van der Waals surface area contributed by atoms with Crippen LogP contribution in [0.3, 0.4) is 0 Å². The minimum Gasteiger partial charge on any atom is -0.372 e. The van der Waals surface area contributed by atoms with Crippen molar-refractivity contribution >= 4 is 68.8 Å². The van der Waals surface area contributed by atoms with E-state index in [0.717, 1.165) is 41.2 Å². The van der Waals surface area contributed by atoms with Gasteiger partial charge in [0.2, 0.25) is 0 Å². The Morgan fingerprint density at radius 1 is 0.971 bits per heavy atom. The lowest BCUT2D eigenvalue weighted by atomic mass is 10.2. The molecule has 10 heteroatoms. The van der Waals surface area contributed by atoms with Crippen molar-refractivity contribution in [3.05, 3.63) is 75.8 Å². The zero-order chi connectivity index (χ0) is 25.1. The van der Waals surface area contributed by atoms with E-state index in [9.17, 15) is 4.79 Å². The van der Waals surface area contributed by atoms with E-state index in [0.29, 0.717) is 21.1 Å². The van der Waals surface area contributed by atoms with Crippen LogP contribution in [-0.2, 0) is 0 Å². The zero-order valence-corrected chi connectivity index (χ0v) is 21.8. The lowest BCUT2D eigenvalue weighted by molar-refractivity contribution is 0.0977. The summed E-state index contributed by atoms with van der Waals surface area (Å²) in [7, 11) is 0. The highest BCUT2D eigenvalue weighted by atomic mass is 35.5. The van der Waals surface area contributed by atoms with Crippen molar-refractivity contribution in [2.24, 2.45) is 0 Å². The summed E-state index contributed by atoms with van der Waals surface area (Å²) in [4.78, 5) is 16.4. The highest BCUT2D eigenvalue weighted by molar-refractivity contribution is 7.80. The van der Waals surface area contributed by atoms with E-state index in [-0.39, 0.29) is 11.0 Å². The van der Waals surface area contributed by atoms with Crippen molar-refractivity contribution < 1.29 is 4.79 Å². The van der Waals surface area contributed by atoms with Crippen LogP contribution in [0, 0.1) is 6.92 Å². The van der Waals surface area contributed by atoms with Crippen LogP contribution < -0.4 is 15.5 Å². The molecule has 7 nitrogen and oxygen atoms in total. The average molecular weight is 527 g/mol. The number of fused-ring (bicyclic) bond motifs is 1. The molecule has 4 aromatic rings. The first-order valence-electron chi connectivity index (χ1n) is 11.1. The minimum absolute atomic E-state index is 0.155. The summed E-state index contributed by atoms with van der Waals surface area (Å²) in [5.41, 5.74) is 5.47. The minimum atomic E-state index is -0.390. The predicted octanol–water partition coefficient (Wildman–Crippen LogP) is 6.01. The van der Waals surface area contributed by atoms with E-state index in [2.05, 4.69) is 51.7 Å². The molecule has 0 spiro atoms. The number of nitrogens with one attached hydrogen (secondary N) is 2. The Balaban J connectivity index is 1.50. The molecule has 0 aliphatic carbocycles. The van der Waals surface area contributed by atoms with Crippen molar-refractivity contribution in [2.45, 2.75) is 20.8 Å². The quantitative estimate of drug-likeness (QED) is 0.299. The summed E-state index contributed by atoms with van der Waals surface area (Å²) < 4.78 is 0. The van der Waals surface area contributed by atoms with Gasteiger partial charge in [0.25, 0.3) is 5.91 Å². The number of halogens is 2. The third kappa shape index (κ3) is 5.56. The fraction of sp³-hybridized carbons (Fsp3) is 0.200. The molecule has 180 valence electrons. The van der Waals surface area contributed by atoms with Crippen LogP contribution in [-0.4, -0.2) is 39.1 Å². The van der Waals surface area contributed by atoms with Gasteiger partial charge in [0, 0.05) is 30.0 Å². The van der Waals surface area contributed by atoms with Gasteiger partial charge in [-0.15, -0.1) is 10.2 Å². The molecular formula is C25H24Cl2N6OS. The fourth-order valence-electron chi connectivity index (χ4n) is 3.67. The SMILES string of the molecule is CCN(CC)c1ccc(-n2nc3cc(C)c(NC(=S)NC(=O)c4ccc(Cl)c(Cl)c4)cc3n2)cc1. The summed E-state index contributed by atoms with van der Waals surface area (Å²) in [6.07, 6.45) is 0. The van der Waals surface area contributed by atoms with Gasteiger partial charge in [0.05, 0.1) is 15.7 Å². The molecule has 0 bridgehead atoms. The third-order valence-electron chi connectivity index (χ3n) is 5.59. The van der Waals surface area contributed by atoms with Gasteiger partial charge in [-0.25, -0.2) is 0 Å². The molecule has 3 aromatic carbocycles. The molecule has 35 heavy (non-hydrogen) atoms. The van der Waals surface area contributed by atoms with Crippen molar-refractivity contribution in [1.82, 2.24) is 20.3 Å². The van der Waals surface area contributed by atoms with Gasteiger partial charge in [-0.3, -0.25) is 10.1 Å². The standard InChI is InChI=1S/C25H24Cl2N6OS/c1-4-32(5-2)17-7-9-18(10-8-17)33-30-22-12-15(3)21(14-23(22)31-33)28-25(35)29-24(34)16-6-11-19(26)20(27)13-16/h6-14H,4-5H2,1-3H3,(H2,28,29,34,35). The van der Waals surface area contributed by atoms with Gasteiger partial charge in [0.15, 0.2) is 5.11 Å². The van der Waals surface area contributed by atoms with Crippen LogP contribution in [0.1, 0.15) is 29.8 Å². The van der Waals surface area contributed by atoms with Crippen LogP contribution in [0.5, 0.6) is 0 Å². The molecule has 0 atom stereocenters. The lowest BCUT2D eigenvalue weighted by Gasteiger charge is -2.20. The highest BCUT2D eigenvalue weighted by Crippen LogP contribution is 2.24. The molecule has 1 amide bonds. The number of anilines is 2. The van der Waals surface area contributed by atoms with Crippen molar-refractivity contribution in [3.63, 3.8) is 0 Å². The smallest absolute Gasteiger partial charge is 0.257 e. The van der Waals surface area contributed by atoms with Crippen molar-refractivity contribution in [1.29, 1.82) is 0 Å². The number of amides is 1. The van der Waals surface area contributed by atoms with Gasteiger partial charge < -0.3 is 10.2 Å². The van der Waals surface area contributed by atoms with Crippen LogP contribution in [0.15, 0.2) is 54.6 Å². The van der Waals surface area contributed by atoms with Gasteiger partial charge in [-0.2, -0.15) is 4.80 Å². The second-order valence-electron chi connectivity index (χ2n) is 7.87. The predicted molar refractivity (Wildman–Crippen MR) is 147 cm³/mol. The van der Waals surface area contributed by atoms with Gasteiger partial charge >= 0.3 is 0 Å². The maximum atomic E-state index is 12.5. The Morgan fingerprint density at radius 2 is 1.63 bits per heavy atom. The van der Waals surface area contributed by atoms with Crippen LogP contribution in [0.4, 0.5) is 11.4 Å². The fourth-order valence-corrected chi connectivity index (χ4v) is 4.17. The maximum Gasteiger partial charge on any atom is 0.257 e. The number of benzene rings is 3. The number of nitrogens with zero attached hydrogens (tertiary/aromatic N) is 4. The molecule has 2 N–H and O–H groups in total. The molecule has 4 rings (SSSR count). The average Bonchev–Trinajstić information content (AvgIpc) is 3.24. The summed E-state index contributed by atoms with van der Waals surface area (Å²) in [5.74, 6) is -0.390. The highest BCUT2D eigenvalue weighted by Gasteiger charge is 2.13. The van der Waals surface area contributed by atoms with Crippen molar-refractivity contribution in [2.75, 3.05) is 23.3 Å². The Bertz CT molecular complexity index is 1400. The lowest BCUT2D eigenvalue weighted by Crippen LogP contribution is -2.34. The molecule has 1 heterocycles. The molecule has 0 saturated carbocycles. The molecule has 0 saturated heterocycles. The second-order valence-corrected chi connectivity index (χ2v) is 9.09. The number of carbonyl (C=O) groups excluding carboxylic acids is 1. The summed E-state index contributed by atoms with van der Waals surface area (Å²) in [6.45, 7) is 8.10. The molecule has 0 aliphatic heterocycles. The first-order chi connectivity index (χ1) is 16.8. The van der Waals surface area contributed by atoms with Gasteiger partial charge in [-0.1, -0.05) is 23.2 Å². The zero-order valence-electron chi connectivity index (χ0n) is 19.5. The molecule has 0 fully saturated rings. The van der Waals surface area contributed by atoms with Gasteiger partial charge in [0.1, 0.15) is 11.0 Å². The number of thiocarbonyl (C=S) groups is 1. The van der Waals surface area contributed by atoms with E-state index in [1.807, 2.05) is 31.2 Å². The Hall–Kier alpha value is -3.20. The molecule has 0 aliphatic rings. The number of rotatable bonds is 6. The number of hydrogen-bond acceptors (Lipinski definition) is 5. The van der Waals surface area contributed by atoms with E-state index in [1.54, 1.807) is 16.9 Å². The van der Waals surface area contributed by atoms with E-state index in [1.165, 1.54) is 6.07 Å². The normalized spacial score (nSPS) is 10.9. The van der Waals surface area contributed by atoms with Crippen molar-refractivity contribution in [3.8, 4) is 5.69 Å². The molecule has 0 unspecified atom stereocenters. The topological polar surface area (TPSA) is 75.1 Å². The van der Waals surface area contributed by atoms with Crippen LogP contribution >= 0.6 is 35.4 Å². The number of carbonyl (C=O) groups is 1. The summed E-state index contributed by atoms with van der Waals surface area (Å²) >= 11 is 17.3. The largest absolute Gasteiger partial charge is 0.372 e. The molecular weight excluding hydrogens is 503 g/mol. The van der Waals surface area contributed by atoms with Crippen LogP contribution in [0.2, 0.25) is 10.0 Å². The van der Waals surface area contributed by atoms with Gasteiger partial charge in [-0.05, 0) is 93.1 Å². The first kappa shape index (κ1) is 24.9. The first-order valence-corrected chi connectivity index (χ1v) is 12.3. The van der Waals surface area contributed by atoms with E-state index in [4.69, 9.17) is 35.4 Å². The second kappa shape index (κ2) is 10.6. The van der Waals surface area contributed by atoms with Crippen LogP contribution in [0.25, 0.3) is 16.7 Å². The maximum absolute atomic E-state index is 12.5. The monoisotopic (exact) mass is 526 g/mol. The number of hydrogen-bond donors (Lipinski definition) is 2. The Labute approximate surface area is 219 Å². The summed E-state index contributed by atoms with van der Waals surface area (Å²) in [6, 6.07) is 16.6.